The summed E-state index contributed by atoms with van der Waals surface area (Å²) in [6, 6.07) is 0. The lowest BCUT2D eigenvalue weighted by Gasteiger charge is -2.65. The minimum atomic E-state index is -1.85. The molecule has 0 radical (unpaired) electrons. The fourth-order valence-electron chi connectivity index (χ4n) is 9.40. The van der Waals surface area contributed by atoms with E-state index in [9.17, 15) is 35.1 Å². The summed E-state index contributed by atoms with van der Waals surface area (Å²) in [5.74, 6) is -1.60. The molecule has 3 saturated carbocycles. The normalized spacial score (nSPS) is 46.8. The van der Waals surface area contributed by atoms with Gasteiger partial charge < -0.3 is 25.5 Å². The Bertz CT molecular complexity index is 1010. The number of allylic oxidation sites excluding steroid dienone is 1. The fourth-order valence-corrected chi connectivity index (χ4v) is 9.40. The van der Waals surface area contributed by atoms with Gasteiger partial charge in [-0.25, -0.2) is 0 Å². The van der Waals surface area contributed by atoms with E-state index in [-0.39, 0.29) is 36.9 Å². The van der Waals surface area contributed by atoms with Gasteiger partial charge in [0.25, 0.3) is 0 Å². The van der Waals surface area contributed by atoms with Crippen molar-refractivity contribution in [3.8, 4) is 0 Å². The number of aliphatic hydroxyl groups is 5. The third kappa shape index (κ3) is 3.86. The van der Waals surface area contributed by atoms with E-state index in [2.05, 4.69) is 13.0 Å². The number of hydrogen-bond donors (Lipinski definition) is 5. The lowest BCUT2D eigenvalue weighted by Crippen LogP contribution is -2.65. The van der Waals surface area contributed by atoms with Crippen LogP contribution in [0.15, 0.2) is 11.6 Å². The highest BCUT2D eigenvalue weighted by atomic mass is 16.3. The van der Waals surface area contributed by atoms with Gasteiger partial charge in [-0.15, -0.1) is 0 Å². The quantitative estimate of drug-likeness (QED) is 0.352. The second kappa shape index (κ2) is 8.44. The van der Waals surface area contributed by atoms with Gasteiger partial charge in [0.1, 0.15) is 11.4 Å². The van der Waals surface area contributed by atoms with Crippen LogP contribution in [0.3, 0.4) is 0 Å². The molecule has 0 bridgehead atoms. The summed E-state index contributed by atoms with van der Waals surface area (Å²) in [5.41, 5.74) is -4.71. The lowest BCUT2D eigenvalue weighted by atomic mass is 9.38. The smallest absolute Gasteiger partial charge is 0.164 e. The molecule has 0 aliphatic heterocycles. The van der Waals surface area contributed by atoms with Crippen LogP contribution >= 0.6 is 0 Å². The topological polar surface area (TPSA) is 135 Å². The van der Waals surface area contributed by atoms with Crippen molar-refractivity contribution in [3.05, 3.63) is 11.6 Å². The molecule has 3 fully saturated rings. The van der Waals surface area contributed by atoms with E-state index in [4.69, 9.17) is 0 Å². The molecule has 210 valence electrons. The van der Waals surface area contributed by atoms with Crippen LogP contribution in [-0.4, -0.2) is 66.6 Å². The zero-order valence-electron chi connectivity index (χ0n) is 23.8. The number of fused-ring (bicyclic) bond motifs is 5. The SMILES string of the molecule is CC(C)(O)CCC(=O)[C@@](C)(O)C1[C@H](O)C[C@@]2(C)C3CC=C4C(C[C@H](O)[C@@H](O)C4(C)C)[C@]3(C)C(=O)C[C@]12C. The molecule has 0 aromatic carbocycles. The van der Waals surface area contributed by atoms with Gasteiger partial charge in [-0.2, -0.15) is 0 Å². The van der Waals surface area contributed by atoms with Crippen molar-refractivity contribution in [1.29, 1.82) is 0 Å². The molecule has 4 aliphatic carbocycles. The molecular weight excluding hydrogens is 472 g/mol. The lowest BCUT2D eigenvalue weighted by molar-refractivity contribution is -0.188. The molecule has 0 aromatic rings. The summed E-state index contributed by atoms with van der Waals surface area (Å²) in [5, 5.41) is 54.8. The first-order valence-electron chi connectivity index (χ1n) is 13.9. The molecule has 0 amide bonds. The van der Waals surface area contributed by atoms with Crippen LogP contribution in [0.1, 0.15) is 93.9 Å². The largest absolute Gasteiger partial charge is 0.393 e. The Morgan fingerprint density at radius 2 is 1.59 bits per heavy atom. The van der Waals surface area contributed by atoms with E-state index < -0.39 is 62.9 Å². The van der Waals surface area contributed by atoms with Crippen molar-refractivity contribution in [2.45, 2.75) is 123 Å². The molecule has 0 aromatic heterocycles. The standard InChI is InChI=1S/C30H48O7/c1-25(2,36)12-11-21(33)30(8,37)23-19(32)14-27(5)20-10-9-16-17(13-18(31)24(35)26(16,3)4)29(20,7)22(34)15-28(23,27)6/h9,17-20,23-24,31-32,35-37H,10-15H2,1-8H3/t17?,18-,19+,20?,23?,24+,27-,28+,29-,30+/m0/s1. The van der Waals surface area contributed by atoms with E-state index in [0.717, 1.165) is 5.57 Å². The second-order valence-corrected chi connectivity index (χ2v) is 14.8. The Hall–Kier alpha value is -1.12. The van der Waals surface area contributed by atoms with Gasteiger partial charge in [-0.1, -0.05) is 46.3 Å². The number of carbonyl (C=O) groups is 2. The van der Waals surface area contributed by atoms with Crippen LogP contribution < -0.4 is 0 Å². The molecule has 3 unspecified atom stereocenters. The number of aliphatic hydroxyl groups excluding tert-OH is 3. The van der Waals surface area contributed by atoms with Crippen LogP contribution in [0.2, 0.25) is 0 Å². The van der Waals surface area contributed by atoms with Crippen molar-refractivity contribution in [1.82, 2.24) is 0 Å². The van der Waals surface area contributed by atoms with E-state index >= 15 is 0 Å². The molecular formula is C30H48O7. The van der Waals surface area contributed by atoms with Crippen LogP contribution in [0.5, 0.6) is 0 Å². The fraction of sp³-hybridized carbons (Fsp3) is 0.867. The van der Waals surface area contributed by atoms with Crippen LogP contribution in [-0.2, 0) is 9.59 Å². The van der Waals surface area contributed by atoms with E-state index in [1.165, 1.54) is 6.92 Å². The first kappa shape index (κ1) is 28.9. The second-order valence-electron chi connectivity index (χ2n) is 14.8. The molecule has 4 aliphatic rings. The predicted octanol–water partition coefficient (Wildman–Crippen LogP) is 2.94. The Balaban J connectivity index is 1.76. The summed E-state index contributed by atoms with van der Waals surface area (Å²) >= 11 is 0. The summed E-state index contributed by atoms with van der Waals surface area (Å²) in [4.78, 5) is 27.5. The average Bonchev–Trinajstić information content (AvgIpc) is 2.96. The molecule has 0 saturated heterocycles. The predicted molar refractivity (Wildman–Crippen MR) is 139 cm³/mol. The van der Waals surface area contributed by atoms with Crippen molar-refractivity contribution in [2.24, 2.45) is 39.4 Å². The molecule has 7 nitrogen and oxygen atoms in total. The summed E-state index contributed by atoms with van der Waals surface area (Å²) in [7, 11) is 0. The zero-order chi connectivity index (χ0) is 28.1. The number of hydrogen-bond acceptors (Lipinski definition) is 7. The van der Waals surface area contributed by atoms with Gasteiger partial charge in [0.05, 0.1) is 23.9 Å². The van der Waals surface area contributed by atoms with Gasteiger partial charge in [0.15, 0.2) is 5.78 Å². The maximum atomic E-state index is 14.2. The minimum absolute atomic E-state index is 0.0227. The van der Waals surface area contributed by atoms with Gasteiger partial charge in [-0.3, -0.25) is 9.59 Å². The number of Topliss-reactive ketones (excluding diaryl/α,β-unsaturated/α-hetero) is 2. The maximum absolute atomic E-state index is 14.2. The summed E-state index contributed by atoms with van der Waals surface area (Å²) in [6.45, 7) is 14.6. The highest BCUT2D eigenvalue weighted by Gasteiger charge is 2.74. The monoisotopic (exact) mass is 520 g/mol. The first-order valence-corrected chi connectivity index (χ1v) is 13.9. The van der Waals surface area contributed by atoms with Crippen molar-refractivity contribution in [3.63, 3.8) is 0 Å². The van der Waals surface area contributed by atoms with Crippen LogP contribution in [0.4, 0.5) is 0 Å². The number of rotatable bonds is 5. The first-order chi connectivity index (χ1) is 16.7. The Morgan fingerprint density at radius 3 is 2.16 bits per heavy atom. The Morgan fingerprint density at radius 1 is 1.00 bits per heavy atom. The van der Waals surface area contributed by atoms with Crippen molar-refractivity contribution < 1.29 is 35.1 Å². The molecule has 5 N–H and O–H groups in total. The molecule has 37 heavy (non-hydrogen) atoms. The minimum Gasteiger partial charge on any atom is -0.393 e. The highest BCUT2D eigenvalue weighted by molar-refractivity contribution is 5.90. The van der Waals surface area contributed by atoms with Gasteiger partial charge in [0.2, 0.25) is 0 Å². The molecule has 10 atom stereocenters. The van der Waals surface area contributed by atoms with E-state index in [1.54, 1.807) is 13.8 Å². The van der Waals surface area contributed by atoms with Crippen molar-refractivity contribution in [2.75, 3.05) is 0 Å². The van der Waals surface area contributed by atoms with E-state index in [0.29, 0.717) is 19.3 Å². The Labute approximate surface area is 221 Å². The Kier molecular flexibility index (Phi) is 6.59. The zero-order valence-corrected chi connectivity index (χ0v) is 23.8. The van der Waals surface area contributed by atoms with Crippen molar-refractivity contribution >= 4 is 11.6 Å². The third-order valence-electron chi connectivity index (χ3n) is 11.8. The molecule has 4 rings (SSSR count). The maximum Gasteiger partial charge on any atom is 0.164 e. The third-order valence-corrected chi connectivity index (χ3v) is 11.8. The van der Waals surface area contributed by atoms with Crippen LogP contribution in [0, 0.1) is 39.4 Å². The number of ketones is 2. The molecule has 0 heterocycles. The van der Waals surface area contributed by atoms with E-state index in [1.807, 2.05) is 27.7 Å². The van der Waals surface area contributed by atoms with Gasteiger partial charge in [-0.05, 0) is 69.1 Å². The summed E-state index contributed by atoms with van der Waals surface area (Å²) in [6.07, 6.45) is 0.895. The summed E-state index contributed by atoms with van der Waals surface area (Å²) < 4.78 is 0. The number of carbonyl (C=O) groups excluding carboxylic acids is 2. The average molecular weight is 521 g/mol. The molecule has 7 heteroatoms. The van der Waals surface area contributed by atoms with Gasteiger partial charge >= 0.3 is 0 Å². The highest BCUT2D eigenvalue weighted by Crippen LogP contribution is 2.74. The molecule has 0 spiro atoms. The van der Waals surface area contributed by atoms with Gasteiger partial charge in [0, 0.05) is 29.6 Å². The van der Waals surface area contributed by atoms with Crippen LogP contribution in [0.25, 0.3) is 0 Å².